The number of benzene rings is 2. The number of hydrogen-bond acceptors (Lipinski definition) is 4. The minimum atomic E-state index is -0.349. The second-order valence-electron chi connectivity index (χ2n) is 6.68. The maximum absolute atomic E-state index is 12.9. The standard InChI is InChI=1S/C22H23FN4O3/c1-3-12-24-22(29)20-19(13-25-27(20)2)26-21(28)16-6-4-15(5-7-16)14-30-18-10-8-17(23)9-11-18/h4-11,13H,3,12,14H2,1-2H3,(H,24,29)(H,26,28). The number of nitrogens with zero attached hydrogens (tertiary/aromatic N) is 2. The fourth-order valence-electron chi connectivity index (χ4n) is 2.76. The third kappa shape index (κ3) is 5.22. The molecule has 30 heavy (non-hydrogen) atoms. The van der Waals surface area contributed by atoms with E-state index in [1.54, 1.807) is 43.4 Å². The van der Waals surface area contributed by atoms with Gasteiger partial charge in [-0.1, -0.05) is 19.1 Å². The smallest absolute Gasteiger partial charge is 0.271 e. The number of carbonyl (C=O) groups excluding carboxylic acids is 2. The summed E-state index contributed by atoms with van der Waals surface area (Å²) in [6.45, 7) is 2.79. The van der Waals surface area contributed by atoms with Crippen LogP contribution >= 0.6 is 0 Å². The number of nitrogens with one attached hydrogen (secondary N) is 2. The summed E-state index contributed by atoms with van der Waals surface area (Å²) in [6, 6.07) is 12.7. The van der Waals surface area contributed by atoms with Crippen molar-refractivity contribution in [3.63, 3.8) is 0 Å². The molecule has 1 heterocycles. The molecule has 3 aromatic rings. The summed E-state index contributed by atoms with van der Waals surface area (Å²) in [5.74, 6) is -0.403. The molecular formula is C22H23FN4O3. The van der Waals surface area contributed by atoms with Gasteiger partial charge in [0.25, 0.3) is 11.8 Å². The Morgan fingerprint density at radius 3 is 2.43 bits per heavy atom. The van der Waals surface area contributed by atoms with Gasteiger partial charge in [0.2, 0.25) is 0 Å². The zero-order valence-electron chi connectivity index (χ0n) is 16.8. The molecule has 0 aliphatic heterocycles. The van der Waals surface area contributed by atoms with Crippen LogP contribution in [0.2, 0.25) is 0 Å². The van der Waals surface area contributed by atoms with E-state index in [0.29, 0.717) is 29.2 Å². The second-order valence-corrected chi connectivity index (χ2v) is 6.68. The van der Waals surface area contributed by atoms with Gasteiger partial charge < -0.3 is 15.4 Å². The molecule has 0 aliphatic carbocycles. The molecule has 0 atom stereocenters. The Hall–Kier alpha value is -3.68. The minimum Gasteiger partial charge on any atom is -0.489 e. The molecule has 1 aromatic heterocycles. The highest BCUT2D eigenvalue weighted by Gasteiger charge is 2.18. The van der Waals surface area contributed by atoms with E-state index in [4.69, 9.17) is 4.74 Å². The molecule has 0 radical (unpaired) electrons. The average molecular weight is 410 g/mol. The summed E-state index contributed by atoms with van der Waals surface area (Å²) in [4.78, 5) is 24.9. The molecular weight excluding hydrogens is 387 g/mol. The van der Waals surface area contributed by atoms with E-state index in [-0.39, 0.29) is 24.2 Å². The first kappa shape index (κ1) is 21.0. The fraction of sp³-hybridized carbons (Fsp3) is 0.227. The summed E-state index contributed by atoms with van der Waals surface area (Å²) in [7, 11) is 1.65. The monoisotopic (exact) mass is 410 g/mol. The van der Waals surface area contributed by atoms with Gasteiger partial charge in [-0.05, 0) is 48.4 Å². The average Bonchev–Trinajstić information content (AvgIpc) is 3.12. The lowest BCUT2D eigenvalue weighted by molar-refractivity contribution is 0.0945. The van der Waals surface area contributed by atoms with Crippen LogP contribution in [0.25, 0.3) is 0 Å². The maximum Gasteiger partial charge on any atom is 0.271 e. The summed E-state index contributed by atoms with van der Waals surface area (Å²) < 4.78 is 20.0. The minimum absolute atomic E-state index is 0.290. The van der Waals surface area contributed by atoms with Crippen molar-refractivity contribution in [2.75, 3.05) is 11.9 Å². The van der Waals surface area contributed by atoms with Crippen molar-refractivity contribution < 1.29 is 18.7 Å². The van der Waals surface area contributed by atoms with Crippen LogP contribution in [-0.4, -0.2) is 28.1 Å². The first-order valence-electron chi connectivity index (χ1n) is 9.56. The lowest BCUT2D eigenvalue weighted by Gasteiger charge is -2.09. The number of amides is 2. The number of hydrogen-bond donors (Lipinski definition) is 2. The Balaban J connectivity index is 1.62. The van der Waals surface area contributed by atoms with Gasteiger partial charge >= 0.3 is 0 Å². The largest absolute Gasteiger partial charge is 0.489 e. The molecule has 0 fully saturated rings. The van der Waals surface area contributed by atoms with Crippen LogP contribution in [0.5, 0.6) is 5.75 Å². The highest BCUT2D eigenvalue weighted by molar-refractivity contribution is 6.08. The molecule has 2 amide bonds. The van der Waals surface area contributed by atoms with Crippen LogP contribution in [-0.2, 0) is 13.7 Å². The quantitative estimate of drug-likeness (QED) is 0.595. The van der Waals surface area contributed by atoms with Crippen molar-refractivity contribution in [1.29, 1.82) is 0 Å². The van der Waals surface area contributed by atoms with E-state index < -0.39 is 0 Å². The molecule has 0 saturated carbocycles. The fourth-order valence-corrected chi connectivity index (χ4v) is 2.76. The van der Waals surface area contributed by atoms with Crippen molar-refractivity contribution >= 4 is 17.5 Å². The SMILES string of the molecule is CCCNC(=O)c1c(NC(=O)c2ccc(COc3ccc(F)cc3)cc2)cnn1C. The van der Waals surface area contributed by atoms with Crippen molar-refractivity contribution in [2.45, 2.75) is 20.0 Å². The zero-order chi connectivity index (χ0) is 21.5. The Morgan fingerprint density at radius 2 is 1.77 bits per heavy atom. The van der Waals surface area contributed by atoms with E-state index in [0.717, 1.165) is 12.0 Å². The van der Waals surface area contributed by atoms with Crippen LogP contribution in [0.15, 0.2) is 54.7 Å². The van der Waals surface area contributed by atoms with Crippen molar-refractivity contribution in [1.82, 2.24) is 15.1 Å². The molecule has 0 aliphatic rings. The first-order valence-corrected chi connectivity index (χ1v) is 9.56. The molecule has 2 N–H and O–H groups in total. The van der Waals surface area contributed by atoms with E-state index in [2.05, 4.69) is 15.7 Å². The summed E-state index contributed by atoms with van der Waals surface area (Å²) in [5, 5.41) is 9.59. The number of rotatable bonds is 8. The number of halogens is 1. The van der Waals surface area contributed by atoms with Crippen LogP contribution in [0, 0.1) is 5.82 Å². The molecule has 8 heteroatoms. The maximum atomic E-state index is 12.9. The molecule has 156 valence electrons. The second kappa shape index (κ2) is 9.69. The molecule has 3 rings (SSSR count). The van der Waals surface area contributed by atoms with Gasteiger partial charge in [0, 0.05) is 19.2 Å². The highest BCUT2D eigenvalue weighted by Crippen LogP contribution is 2.17. The van der Waals surface area contributed by atoms with Crippen molar-refractivity contribution in [3.8, 4) is 5.75 Å². The number of aromatic nitrogens is 2. The molecule has 0 spiro atoms. The molecule has 7 nitrogen and oxygen atoms in total. The Kier molecular flexibility index (Phi) is 6.79. The van der Waals surface area contributed by atoms with Crippen molar-refractivity contribution in [3.05, 3.63) is 77.4 Å². The van der Waals surface area contributed by atoms with Gasteiger partial charge in [-0.15, -0.1) is 0 Å². The van der Waals surface area contributed by atoms with Gasteiger partial charge in [-0.25, -0.2) is 4.39 Å². The van der Waals surface area contributed by atoms with Crippen molar-refractivity contribution in [2.24, 2.45) is 7.05 Å². The van der Waals surface area contributed by atoms with E-state index in [9.17, 15) is 14.0 Å². The topological polar surface area (TPSA) is 85.2 Å². The Labute approximate surface area is 173 Å². The van der Waals surface area contributed by atoms with E-state index >= 15 is 0 Å². The summed E-state index contributed by atoms with van der Waals surface area (Å²) in [5.41, 5.74) is 1.93. The first-order chi connectivity index (χ1) is 14.5. The number of aryl methyl sites for hydroxylation is 1. The molecule has 0 saturated heterocycles. The van der Waals surface area contributed by atoms with Crippen LogP contribution in [0.1, 0.15) is 39.8 Å². The molecule has 0 unspecified atom stereocenters. The normalized spacial score (nSPS) is 10.5. The van der Waals surface area contributed by atoms with Crippen LogP contribution in [0.4, 0.5) is 10.1 Å². The number of anilines is 1. The van der Waals surface area contributed by atoms with Gasteiger partial charge in [0.15, 0.2) is 0 Å². The predicted molar refractivity (Wildman–Crippen MR) is 111 cm³/mol. The summed E-state index contributed by atoms with van der Waals surface area (Å²) >= 11 is 0. The lowest BCUT2D eigenvalue weighted by Crippen LogP contribution is -2.27. The van der Waals surface area contributed by atoms with E-state index in [1.807, 2.05) is 6.92 Å². The van der Waals surface area contributed by atoms with Crippen LogP contribution in [0.3, 0.4) is 0 Å². The Morgan fingerprint density at radius 1 is 1.07 bits per heavy atom. The zero-order valence-corrected chi connectivity index (χ0v) is 16.8. The third-order valence-electron chi connectivity index (χ3n) is 4.37. The van der Waals surface area contributed by atoms with Gasteiger partial charge in [0.1, 0.15) is 23.9 Å². The third-order valence-corrected chi connectivity index (χ3v) is 4.37. The van der Waals surface area contributed by atoms with Gasteiger partial charge in [0.05, 0.1) is 11.9 Å². The van der Waals surface area contributed by atoms with E-state index in [1.165, 1.54) is 23.0 Å². The number of carbonyl (C=O) groups is 2. The Bertz CT molecular complexity index is 1010. The van der Waals surface area contributed by atoms with Gasteiger partial charge in [-0.2, -0.15) is 5.10 Å². The number of ether oxygens (including phenoxy) is 1. The highest BCUT2D eigenvalue weighted by atomic mass is 19.1. The summed E-state index contributed by atoms with van der Waals surface area (Å²) in [6.07, 6.45) is 2.26. The van der Waals surface area contributed by atoms with Gasteiger partial charge in [-0.3, -0.25) is 14.3 Å². The molecule has 2 aromatic carbocycles. The van der Waals surface area contributed by atoms with Crippen LogP contribution < -0.4 is 15.4 Å². The molecule has 0 bridgehead atoms. The predicted octanol–water partition coefficient (Wildman–Crippen LogP) is 3.53. The lowest BCUT2D eigenvalue weighted by atomic mass is 10.1.